The highest BCUT2D eigenvalue weighted by molar-refractivity contribution is 5.96. The molecule has 2 aromatic carbocycles. The van der Waals surface area contributed by atoms with E-state index in [2.05, 4.69) is 10.4 Å². The number of hydrogen-bond acceptors (Lipinski definition) is 4. The van der Waals surface area contributed by atoms with Crippen molar-refractivity contribution < 1.29 is 9.53 Å². The monoisotopic (exact) mass is 392 g/mol. The van der Waals surface area contributed by atoms with Crippen LogP contribution in [0.5, 0.6) is 5.75 Å². The molecule has 4 rings (SSSR count). The van der Waals surface area contributed by atoms with Crippen LogP contribution in [0.1, 0.15) is 41.9 Å². The molecule has 0 spiro atoms. The Labute approximate surface area is 168 Å². The summed E-state index contributed by atoms with van der Waals surface area (Å²) >= 11 is 0. The zero-order chi connectivity index (χ0) is 20.2. The van der Waals surface area contributed by atoms with E-state index in [0.717, 1.165) is 24.4 Å². The molecule has 1 amide bonds. The van der Waals surface area contributed by atoms with Crippen LogP contribution in [-0.4, -0.2) is 33.4 Å². The number of nitrogens with zero attached hydrogens (tertiary/aromatic N) is 3. The number of rotatable bonds is 8. The minimum absolute atomic E-state index is 0.179. The summed E-state index contributed by atoms with van der Waals surface area (Å²) in [7, 11) is 0. The third-order valence-electron chi connectivity index (χ3n) is 4.86. The van der Waals surface area contributed by atoms with Gasteiger partial charge in [0.15, 0.2) is 0 Å². The summed E-state index contributed by atoms with van der Waals surface area (Å²) in [5.74, 6) is 1.45. The lowest BCUT2D eigenvalue weighted by molar-refractivity contribution is 0.0948. The lowest BCUT2D eigenvalue weighted by Gasteiger charge is -2.10. The lowest BCUT2D eigenvalue weighted by atomic mass is 10.2. The zero-order valence-corrected chi connectivity index (χ0v) is 16.4. The molecule has 0 bridgehead atoms. The number of ether oxygens (including phenoxy) is 1. The molecule has 1 aliphatic rings. The summed E-state index contributed by atoms with van der Waals surface area (Å²) in [6.07, 6.45) is 2.10. The molecule has 0 unspecified atom stereocenters. The molecule has 1 N–H and O–H groups in total. The van der Waals surface area contributed by atoms with Gasteiger partial charge < -0.3 is 10.1 Å². The van der Waals surface area contributed by atoms with Crippen LogP contribution in [0.25, 0.3) is 5.69 Å². The van der Waals surface area contributed by atoms with E-state index in [1.165, 1.54) is 4.68 Å². The van der Waals surface area contributed by atoms with Crippen molar-refractivity contribution in [3.63, 3.8) is 0 Å². The normalized spacial score (nSPS) is 13.3. The predicted molar refractivity (Wildman–Crippen MR) is 110 cm³/mol. The Morgan fingerprint density at radius 2 is 1.86 bits per heavy atom. The number of benzene rings is 2. The van der Waals surface area contributed by atoms with Gasteiger partial charge in [-0.25, -0.2) is 14.0 Å². The van der Waals surface area contributed by atoms with E-state index >= 15 is 0 Å². The van der Waals surface area contributed by atoms with Gasteiger partial charge in [-0.15, -0.1) is 0 Å². The summed E-state index contributed by atoms with van der Waals surface area (Å²) in [5.41, 5.74) is 1.12. The number of hydrogen-bond donors (Lipinski definition) is 1. The summed E-state index contributed by atoms with van der Waals surface area (Å²) in [6, 6.07) is 16.7. The molecule has 0 aliphatic heterocycles. The fourth-order valence-corrected chi connectivity index (χ4v) is 3.30. The van der Waals surface area contributed by atoms with E-state index < -0.39 is 0 Å². The average Bonchev–Trinajstić information content (AvgIpc) is 3.54. The quantitative estimate of drug-likeness (QED) is 0.639. The molecule has 1 aromatic heterocycles. The van der Waals surface area contributed by atoms with E-state index in [9.17, 15) is 9.59 Å². The van der Waals surface area contributed by atoms with E-state index in [4.69, 9.17) is 4.74 Å². The van der Waals surface area contributed by atoms with Crippen LogP contribution >= 0.6 is 0 Å². The van der Waals surface area contributed by atoms with Crippen LogP contribution in [0.15, 0.2) is 59.4 Å². The van der Waals surface area contributed by atoms with E-state index in [1.54, 1.807) is 22.8 Å². The maximum absolute atomic E-state index is 12.9. The van der Waals surface area contributed by atoms with Gasteiger partial charge in [-0.05, 0) is 44.0 Å². The van der Waals surface area contributed by atoms with Crippen molar-refractivity contribution in [2.45, 2.75) is 32.2 Å². The van der Waals surface area contributed by atoms with Crippen LogP contribution in [-0.2, 0) is 6.54 Å². The van der Waals surface area contributed by atoms with Crippen LogP contribution in [0.4, 0.5) is 0 Å². The molecule has 0 atom stereocenters. The minimum atomic E-state index is -0.230. The van der Waals surface area contributed by atoms with Crippen molar-refractivity contribution in [2.75, 3.05) is 13.2 Å². The second-order valence-corrected chi connectivity index (χ2v) is 6.99. The molecule has 7 heteroatoms. The number of carbonyl (C=O) groups is 1. The van der Waals surface area contributed by atoms with Gasteiger partial charge in [0, 0.05) is 12.5 Å². The molecule has 150 valence electrons. The Kier molecular flexibility index (Phi) is 5.46. The minimum Gasteiger partial charge on any atom is -0.493 e. The van der Waals surface area contributed by atoms with E-state index in [0.29, 0.717) is 36.9 Å². The van der Waals surface area contributed by atoms with Crippen molar-refractivity contribution in [1.29, 1.82) is 0 Å². The Balaban J connectivity index is 1.48. The van der Waals surface area contributed by atoms with Crippen LogP contribution < -0.4 is 15.7 Å². The summed E-state index contributed by atoms with van der Waals surface area (Å²) < 4.78 is 8.64. The van der Waals surface area contributed by atoms with Crippen LogP contribution in [0, 0.1) is 0 Å². The summed E-state index contributed by atoms with van der Waals surface area (Å²) in [5, 5.41) is 7.41. The standard InChI is InChI=1S/C22H24N4O3/c1-2-29-19-11-7-6-10-18(19)21(27)23-14-15-25-22(28)26(17-8-4-3-5-9-17)20(24-25)16-12-13-16/h3-11,16H,2,12-15H2,1H3,(H,23,27). The molecule has 7 nitrogen and oxygen atoms in total. The van der Waals surface area contributed by atoms with Gasteiger partial charge in [0.25, 0.3) is 5.91 Å². The smallest absolute Gasteiger partial charge is 0.350 e. The highest BCUT2D eigenvalue weighted by Gasteiger charge is 2.31. The second-order valence-electron chi connectivity index (χ2n) is 6.99. The van der Waals surface area contributed by atoms with Crippen LogP contribution in [0.3, 0.4) is 0 Å². The maximum Gasteiger partial charge on any atom is 0.350 e. The van der Waals surface area contributed by atoms with Crippen molar-refractivity contribution >= 4 is 5.91 Å². The highest BCUT2D eigenvalue weighted by Crippen LogP contribution is 2.39. The van der Waals surface area contributed by atoms with Gasteiger partial charge in [-0.2, -0.15) is 5.10 Å². The second kappa shape index (κ2) is 8.34. The fraction of sp³-hybridized carbons (Fsp3) is 0.318. The number of para-hydroxylation sites is 2. The molecule has 1 heterocycles. The highest BCUT2D eigenvalue weighted by atomic mass is 16.5. The van der Waals surface area contributed by atoms with Gasteiger partial charge in [-0.3, -0.25) is 4.79 Å². The largest absolute Gasteiger partial charge is 0.493 e. The molecule has 0 radical (unpaired) electrons. The molecule has 29 heavy (non-hydrogen) atoms. The Hall–Kier alpha value is -3.35. The number of aromatic nitrogens is 3. The molecule has 1 fully saturated rings. The Morgan fingerprint density at radius 3 is 2.59 bits per heavy atom. The number of carbonyl (C=O) groups excluding carboxylic acids is 1. The molecule has 1 saturated carbocycles. The molecule has 0 saturated heterocycles. The van der Waals surface area contributed by atoms with Gasteiger partial charge in [0.2, 0.25) is 0 Å². The molecular weight excluding hydrogens is 368 g/mol. The third-order valence-corrected chi connectivity index (χ3v) is 4.86. The van der Waals surface area contributed by atoms with Crippen molar-refractivity contribution in [3.8, 4) is 11.4 Å². The first-order chi connectivity index (χ1) is 14.2. The first-order valence-corrected chi connectivity index (χ1v) is 9.94. The predicted octanol–water partition coefficient (Wildman–Crippen LogP) is 2.74. The Morgan fingerprint density at radius 1 is 1.14 bits per heavy atom. The third kappa shape index (κ3) is 4.08. The average molecular weight is 392 g/mol. The van der Waals surface area contributed by atoms with Gasteiger partial charge in [0.05, 0.1) is 24.4 Å². The molecule has 3 aromatic rings. The first kappa shape index (κ1) is 19.0. The van der Waals surface area contributed by atoms with Gasteiger partial charge in [0.1, 0.15) is 11.6 Å². The SMILES string of the molecule is CCOc1ccccc1C(=O)NCCn1nc(C2CC2)n(-c2ccccc2)c1=O. The fourth-order valence-electron chi connectivity index (χ4n) is 3.30. The van der Waals surface area contributed by atoms with Gasteiger partial charge in [-0.1, -0.05) is 30.3 Å². The van der Waals surface area contributed by atoms with Gasteiger partial charge >= 0.3 is 5.69 Å². The topological polar surface area (TPSA) is 78.2 Å². The van der Waals surface area contributed by atoms with E-state index in [-0.39, 0.29) is 11.6 Å². The molecule has 1 aliphatic carbocycles. The van der Waals surface area contributed by atoms with Crippen molar-refractivity contribution in [3.05, 3.63) is 76.5 Å². The summed E-state index contributed by atoms with van der Waals surface area (Å²) in [6.45, 7) is 2.97. The number of amides is 1. The zero-order valence-electron chi connectivity index (χ0n) is 16.4. The number of nitrogens with one attached hydrogen (secondary N) is 1. The summed E-state index contributed by atoms with van der Waals surface area (Å²) in [4.78, 5) is 25.5. The van der Waals surface area contributed by atoms with Crippen molar-refractivity contribution in [2.24, 2.45) is 0 Å². The van der Waals surface area contributed by atoms with E-state index in [1.807, 2.05) is 43.3 Å². The van der Waals surface area contributed by atoms with Crippen molar-refractivity contribution in [1.82, 2.24) is 19.7 Å². The first-order valence-electron chi connectivity index (χ1n) is 9.94. The Bertz CT molecular complexity index is 1050. The van der Waals surface area contributed by atoms with Crippen LogP contribution in [0.2, 0.25) is 0 Å². The molecular formula is C22H24N4O3. The maximum atomic E-state index is 12.9. The lowest BCUT2D eigenvalue weighted by Crippen LogP contribution is -2.32.